The second kappa shape index (κ2) is 7.73. The van der Waals surface area contributed by atoms with Gasteiger partial charge in [-0.05, 0) is 56.7 Å². The van der Waals surface area contributed by atoms with Gasteiger partial charge < -0.3 is 14.7 Å². The molecule has 34 heavy (non-hydrogen) atoms. The number of hydrogen-bond acceptors (Lipinski definition) is 5. The fraction of sp³-hybridized carbons (Fsp3) is 0.310. The summed E-state index contributed by atoms with van der Waals surface area (Å²) in [6, 6.07) is 14.1. The molecule has 2 heterocycles. The average molecular weight is 452 g/mol. The summed E-state index contributed by atoms with van der Waals surface area (Å²) in [4.78, 5) is 16.2. The van der Waals surface area contributed by atoms with Gasteiger partial charge in [0, 0.05) is 29.9 Å². The molecule has 4 aromatic rings. The highest BCUT2D eigenvalue weighted by atomic mass is 16.5. The maximum atomic E-state index is 13.8. The lowest BCUT2D eigenvalue weighted by molar-refractivity contribution is 0.104. The van der Waals surface area contributed by atoms with E-state index >= 15 is 0 Å². The lowest BCUT2D eigenvalue weighted by atomic mass is 9.86. The van der Waals surface area contributed by atoms with Crippen LogP contribution in [0.5, 0.6) is 0 Å². The van der Waals surface area contributed by atoms with Crippen LogP contribution in [0.4, 0.5) is 17.1 Å². The number of carbonyl (C=O) groups excluding carboxylic acids is 1. The molecule has 0 amide bonds. The molecule has 1 N–H and O–H groups in total. The highest BCUT2D eigenvalue weighted by Crippen LogP contribution is 2.47. The van der Waals surface area contributed by atoms with E-state index in [0.717, 1.165) is 76.5 Å². The van der Waals surface area contributed by atoms with Crippen molar-refractivity contribution in [3.05, 3.63) is 70.3 Å². The first-order chi connectivity index (χ1) is 16.4. The summed E-state index contributed by atoms with van der Waals surface area (Å²) in [5.74, 6) is 1.43. The number of hydrogen-bond donors (Lipinski definition) is 1. The number of benzene rings is 3. The van der Waals surface area contributed by atoms with E-state index in [4.69, 9.17) is 4.52 Å². The summed E-state index contributed by atoms with van der Waals surface area (Å²) >= 11 is 0. The van der Waals surface area contributed by atoms with E-state index in [2.05, 4.69) is 61.3 Å². The van der Waals surface area contributed by atoms with Gasteiger partial charge in [0.25, 0.3) is 0 Å². The largest absolute Gasteiger partial charge is 0.370 e. The monoisotopic (exact) mass is 451 g/mol. The van der Waals surface area contributed by atoms with E-state index in [9.17, 15) is 4.79 Å². The summed E-state index contributed by atoms with van der Waals surface area (Å²) in [6.07, 6.45) is 2.29. The Labute approximate surface area is 199 Å². The van der Waals surface area contributed by atoms with E-state index in [1.165, 1.54) is 5.56 Å². The van der Waals surface area contributed by atoms with E-state index in [1.54, 1.807) is 0 Å². The molecule has 3 aromatic carbocycles. The topological polar surface area (TPSA) is 58.4 Å². The first kappa shape index (κ1) is 21.0. The summed E-state index contributed by atoms with van der Waals surface area (Å²) in [5.41, 5.74) is 9.37. The van der Waals surface area contributed by atoms with E-state index in [1.807, 2.05) is 24.3 Å². The highest BCUT2D eigenvalue weighted by Gasteiger charge is 2.34. The normalized spacial score (nSPS) is 15.6. The molecule has 172 valence electrons. The maximum absolute atomic E-state index is 13.8. The van der Waals surface area contributed by atoms with Crippen LogP contribution in [0, 0.1) is 26.7 Å². The molecule has 1 saturated heterocycles. The number of anilines is 3. The Hall–Kier alpha value is -3.60. The molecule has 0 radical (unpaired) electrons. The molecule has 5 heteroatoms. The third-order valence-electron chi connectivity index (χ3n) is 7.44. The van der Waals surface area contributed by atoms with Gasteiger partial charge in [-0.3, -0.25) is 4.79 Å². The SMILES string of the molecule is Cc1cc(C)c(Nc2cc(N3CCC(C)CC3)c3noc4c3c2C(=O)c2ccccc2-4)c(C)c1. The van der Waals surface area contributed by atoms with Gasteiger partial charge in [-0.15, -0.1) is 0 Å². The number of carbonyl (C=O) groups is 1. The van der Waals surface area contributed by atoms with Crippen LogP contribution < -0.4 is 10.2 Å². The highest BCUT2D eigenvalue weighted by molar-refractivity contribution is 6.28. The minimum atomic E-state index is 0.0139. The van der Waals surface area contributed by atoms with Crippen molar-refractivity contribution in [2.75, 3.05) is 23.3 Å². The van der Waals surface area contributed by atoms with Crippen LogP contribution in [-0.4, -0.2) is 24.0 Å². The van der Waals surface area contributed by atoms with Gasteiger partial charge in [-0.25, -0.2) is 0 Å². The molecule has 0 unspecified atom stereocenters. The van der Waals surface area contributed by atoms with Crippen molar-refractivity contribution in [2.45, 2.75) is 40.5 Å². The van der Waals surface area contributed by atoms with Crippen molar-refractivity contribution in [1.29, 1.82) is 0 Å². The number of nitrogens with zero attached hydrogens (tertiary/aromatic N) is 2. The van der Waals surface area contributed by atoms with E-state index in [-0.39, 0.29) is 5.78 Å². The Kier molecular flexibility index (Phi) is 4.76. The summed E-state index contributed by atoms with van der Waals surface area (Å²) in [6.45, 7) is 10.6. The molecule has 1 aromatic heterocycles. The zero-order valence-corrected chi connectivity index (χ0v) is 20.2. The zero-order chi connectivity index (χ0) is 23.6. The first-order valence-electron chi connectivity index (χ1n) is 12.1. The van der Waals surface area contributed by atoms with Gasteiger partial charge in [-0.2, -0.15) is 0 Å². The minimum absolute atomic E-state index is 0.0139. The van der Waals surface area contributed by atoms with Crippen molar-refractivity contribution in [1.82, 2.24) is 5.16 Å². The molecule has 6 rings (SSSR count). The van der Waals surface area contributed by atoms with Crippen LogP contribution in [0.15, 0.2) is 47.0 Å². The number of piperidine rings is 1. The van der Waals surface area contributed by atoms with Crippen LogP contribution in [-0.2, 0) is 0 Å². The van der Waals surface area contributed by atoms with Crippen molar-refractivity contribution in [2.24, 2.45) is 5.92 Å². The molecule has 0 spiro atoms. The number of aromatic nitrogens is 1. The quantitative estimate of drug-likeness (QED) is 0.322. The standard InChI is InChI=1S/C29H29N3O2/c1-16-9-11-32(12-10-16)23-15-22(30-26-18(3)13-17(2)14-19(26)4)24-25-27(23)31-34-29(25)21-8-6-5-7-20(21)28(24)33/h5-8,13-16,30H,9-12H2,1-4H3. The van der Waals surface area contributed by atoms with Gasteiger partial charge in [-0.1, -0.05) is 54.0 Å². The number of ketones is 1. The smallest absolute Gasteiger partial charge is 0.196 e. The van der Waals surface area contributed by atoms with Gasteiger partial charge >= 0.3 is 0 Å². The van der Waals surface area contributed by atoms with Gasteiger partial charge in [0.15, 0.2) is 11.5 Å². The lowest BCUT2D eigenvalue weighted by Crippen LogP contribution is -2.33. The van der Waals surface area contributed by atoms with Crippen LogP contribution in [0.1, 0.15) is 52.4 Å². The second-order valence-corrected chi connectivity index (χ2v) is 10.00. The molecular formula is C29H29N3O2. The minimum Gasteiger partial charge on any atom is -0.370 e. The number of fused-ring (bicyclic) bond motifs is 2. The Balaban J connectivity index is 1.61. The Bertz CT molecular complexity index is 1440. The van der Waals surface area contributed by atoms with Crippen molar-refractivity contribution >= 4 is 33.7 Å². The van der Waals surface area contributed by atoms with Crippen molar-refractivity contribution in [3.8, 4) is 11.3 Å². The molecule has 1 fully saturated rings. The predicted octanol–water partition coefficient (Wildman–Crippen LogP) is 6.94. The molecule has 5 nitrogen and oxygen atoms in total. The maximum Gasteiger partial charge on any atom is 0.196 e. The fourth-order valence-electron chi connectivity index (χ4n) is 5.64. The number of rotatable bonds is 3. The molecule has 0 bridgehead atoms. The van der Waals surface area contributed by atoms with Crippen LogP contribution >= 0.6 is 0 Å². The third kappa shape index (κ3) is 3.14. The molecule has 2 aliphatic rings. The zero-order valence-electron chi connectivity index (χ0n) is 20.2. The number of aryl methyl sites for hydroxylation is 3. The van der Waals surface area contributed by atoms with Crippen molar-refractivity contribution < 1.29 is 9.32 Å². The van der Waals surface area contributed by atoms with Crippen LogP contribution in [0.2, 0.25) is 0 Å². The molecule has 1 aliphatic carbocycles. The van der Waals surface area contributed by atoms with E-state index < -0.39 is 0 Å². The average Bonchev–Trinajstić information content (AvgIpc) is 3.26. The van der Waals surface area contributed by atoms with Crippen molar-refractivity contribution in [3.63, 3.8) is 0 Å². The molecular weight excluding hydrogens is 422 g/mol. The van der Waals surface area contributed by atoms with Gasteiger partial charge in [0.2, 0.25) is 0 Å². The van der Waals surface area contributed by atoms with Gasteiger partial charge in [0.1, 0.15) is 5.52 Å². The first-order valence-corrected chi connectivity index (χ1v) is 12.1. The summed E-state index contributed by atoms with van der Waals surface area (Å²) in [7, 11) is 0. The Morgan fingerprint density at radius 3 is 2.38 bits per heavy atom. The molecule has 1 aliphatic heterocycles. The molecule has 0 saturated carbocycles. The predicted molar refractivity (Wildman–Crippen MR) is 137 cm³/mol. The van der Waals surface area contributed by atoms with Crippen LogP contribution in [0.25, 0.3) is 22.2 Å². The Morgan fingerprint density at radius 1 is 1.00 bits per heavy atom. The van der Waals surface area contributed by atoms with Crippen LogP contribution in [0.3, 0.4) is 0 Å². The Morgan fingerprint density at radius 2 is 1.68 bits per heavy atom. The van der Waals surface area contributed by atoms with E-state index in [0.29, 0.717) is 16.9 Å². The van der Waals surface area contributed by atoms with Gasteiger partial charge in [0.05, 0.1) is 22.3 Å². The molecule has 0 atom stereocenters. The third-order valence-corrected chi connectivity index (χ3v) is 7.44. The summed E-state index contributed by atoms with van der Waals surface area (Å²) in [5, 5.41) is 9.00. The second-order valence-electron chi connectivity index (χ2n) is 10.00. The fourth-order valence-corrected chi connectivity index (χ4v) is 5.64. The number of nitrogens with one attached hydrogen (secondary N) is 1. The lowest BCUT2D eigenvalue weighted by Gasteiger charge is -2.33. The summed E-state index contributed by atoms with van der Waals surface area (Å²) < 4.78 is 5.94.